The Kier molecular flexibility index (Phi) is 1.62. The quantitative estimate of drug-likeness (QED) is 0.625. The first-order valence-electron chi connectivity index (χ1n) is 3.93. The summed E-state index contributed by atoms with van der Waals surface area (Å²) in [5.74, 6) is 0.220. The Balaban J connectivity index is 2.53. The fraction of sp³-hybridized carbons (Fsp3) is 0.222. The van der Waals surface area contributed by atoms with E-state index in [0.717, 1.165) is 5.56 Å². The van der Waals surface area contributed by atoms with Gasteiger partial charge in [-0.15, -0.1) is 0 Å². The number of phenols is 1. The number of anilines is 1. The summed E-state index contributed by atoms with van der Waals surface area (Å²) in [4.78, 5) is 10.9. The molecular weight excluding hydrogens is 170 g/mol. The van der Waals surface area contributed by atoms with E-state index in [1.807, 2.05) is 6.92 Å². The third kappa shape index (κ3) is 1.30. The molecule has 0 atom stereocenters. The average molecular weight is 179 g/mol. The minimum atomic E-state index is -0.197. The van der Waals surface area contributed by atoms with Crippen molar-refractivity contribution in [3.05, 3.63) is 17.7 Å². The Bertz CT molecular complexity index is 373. The molecular formula is C9H9NO3. The van der Waals surface area contributed by atoms with Gasteiger partial charge in [-0.2, -0.15) is 0 Å². The van der Waals surface area contributed by atoms with Crippen LogP contribution in [0.15, 0.2) is 12.1 Å². The molecule has 0 radical (unpaired) electrons. The van der Waals surface area contributed by atoms with Gasteiger partial charge in [0.1, 0.15) is 0 Å². The Morgan fingerprint density at radius 3 is 3.08 bits per heavy atom. The van der Waals surface area contributed by atoms with Crippen LogP contribution in [-0.4, -0.2) is 17.6 Å². The molecule has 1 aromatic carbocycles. The van der Waals surface area contributed by atoms with Crippen LogP contribution in [-0.2, 0) is 4.79 Å². The van der Waals surface area contributed by atoms with Crippen molar-refractivity contribution in [2.45, 2.75) is 6.92 Å². The lowest BCUT2D eigenvalue weighted by molar-refractivity contribution is -0.118. The van der Waals surface area contributed by atoms with Crippen molar-refractivity contribution in [3.63, 3.8) is 0 Å². The molecule has 0 saturated carbocycles. The molecule has 68 valence electrons. The van der Waals surface area contributed by atoms with Gasteiger partial charge < -0.3 is 15.2 Å². The van der Waals surface area contributed by atoms with Gasteiger partial charge in [0.15, 0.2) is 18.1 Å². The van der Waals surface area contributed by atoms with Gasteiger partial charge in [0.25, 0.3) is 5.91 Å². The van der Waals surface area contributed by atoms with Crippen LogP contribution in [0, 0.1) is 6.92 Å². The number of aromatic hydroxyl groups is 1. The van der Waals surface area contributed by atoms with Crippen LogP contribution in [0.3, 0.4) is 0 Å². The van der Waals surface area contributed by atoms with E-state index in [1.54, 1.807) is 12.1 Å². The van der Waals surface area contributed by atoms with Gasteiger partial charge >= 0.3 is 0 Å². The maximum absolute atomic E-state index is 10.9. The predicted octanol–water partition coefficient (Wildman–Crippen LogP) is 1.03. The number of ether oxygens (including phenoxy) is 1. The third-order valence-corrected chi connectivity index (χ3v) is 1.84. The maximum atomic E-state index is 10.9. The highest BCUT2D eigenvalue weighted by Crippen LogP contribution is 2.37. The number of carbonyl (C=O) groups excluding carboxylic acids is 1. The molecule has 1 heterocycles. The Morgan fingerprint density at radius 2 is 2.31 bits per heavy atom. The van der Waals surface area contributed by atoms with E-state index in [1.165, 1.54) is 0 Å². The van der Waals surface area contributed by atoms with Crippen molar-refractivity contribution < 1.29 is 14.6 Å². The molecule has 0 unspecified atom stereocenters. The van der Waals surface area contributed by atoms with Gasteiger partial charge in [-0.3, -0.25) is 4.79 Å². The van der Waals surface area contributed by atoms with Crippen LogP contribution in [0.25, 0.3) is 0 Å². The van der Waals surface area contributed by atoms with Crippen molar-refractivity contribution in [1.82, 2.24) is 0 Å². The van der Waals surface area contributed by atoms with E-state index >= 15 is 0 Å². The van der Waals surface area contributed by atoms with Crippen molar-refractivity contribution in [3.8, 4) is 11.5 Å². The lowest BCUT2D eigenvalue weighted by Gasteiger charge is -2.19. The summed E-state index contributed by atoms with van der Waals surface area (Å²) in [5, 5.41) is 12.1. The van der Waals surface area contributed by atoms with Crippen LogP contribution in [0.1, 0.15) is 5.56 Å². The first kappa shape index (κ1) is 7.91. The zero-order chi connectivity index (χ0) is 9.42. The molecule has 4 nitrogen and oxygen atoms in total. The molecule has 0 saturated heterocycles. The third-order valence-electron chi connectivity index (χ3n) is 1.84. The highest BCUT2D eigenvalue weighted by Gasteiger charge is 2.19. The summed E-state index contributed by atoms with van der Waals surface area (Å²) < 4.78 is 5.06. The molecule has 2 rings (SSSR count). The van der Waals surface area contributed by atoms with Crippen LogP contribution in [0.5, 0.6) is 11.5 Å². The Labute approximate surface area is 75.1 Å². The lowest BCUT2D eigenvalue weighted by Crippen LogP contribution is -2.25. The number of nitrogens with one attached hydrogen (secondary N) is 1. The number of benzene rings is 1. The second-order valence-electron chi connectivity index (χ2n) is 3.00. The van der Waals surface area contributed by atoms with Crippen LogP contribution >= 0.6 is 0 Å². The fourth-order valence-corrected chi connectivity index (χ4v) is 1.32. The van der Waals surface area contributed by atoms with E-state index in [2.05, 4.69) is 5.32 Å². The van der Waals surface area contributed by atoms with E-state index in [0.29, 0.717) is 11.4 Å². The van der Waals surface area contributed by atoms with Gasteiger partial charge in [-0.1, -0.05) is 0 Å². The largest absolute Gasteiger partial charge is 0.504 e. The highest BCUT2D eigenvalue weighted by molar-refractivity contribution is 5.96. The standard InChI is InChI=1S/C9H9NO3/c1-5-2-6-9(7(11)3-5)13-4-8(12)10-6/h2-3,11H,4H2,1H3,(H,10,12). The Hall–Kier alpha value is -1.71. The van der Waals surface area contributed by atoms with Crippen molar-refractivity contribution in [2.24, 2.45) is 0 Å². The molecule has 2 N–H and O–H groups in total. The molecule has 0 aliphatic carbocycles. The number of hydrogen-bond acceptors (Lipinski definition) is 3. The molecule has 0 fully saturated rings. The monoisotopic (exact) mass is 179 g/mol. The Morgan fingerprint density at radius 1 is 1.54 bits per heavy atom. The normalized spacial score (nSPS) is 14.4. The van der Waals surface area contributed by atoms with Gasteiger partial charge in [-0.25, -0.2) is 0 Å². The number of phenolic OH excluding ortho intramolecular Hbond substituents is 1. The van der Waals surface area contributed by atoms with Crippen molar-refractivity contribution in [1.29, 1.82) is 0 Å². The van der Waals surface area contributed by atoms with Crippen LogP contribution < -0.4 is 10.1 Å². The molecule has 0 bridgehead atoms. The van der Waals surface area contributed by atoms with Gasteiger partial charge in [0.05, 0.1) is 5.69 Å². The fourth-order valence-electron chi connectivity index (χ4n) is 1.32. The number of carbonyl (C=O) groups is 1. The van der Waals surface area contributed by atoms with Crippen LogP contribution in [0.2, 0.25) is 0 Å². The minimum absolute atomic E-state index is 0.0381. The molecule has 1 amide bonds. The molecule has 0 aromatic heterocycles. The number of fused-ring (bicyclic) bond motifs is 1. The first-order chi connectivity index (χ1) is 6.16. The van der Waals surface area contributed by atoms with Crippen molar-refractivity contribution >= 4 is 11.6 Å². The summed E-state index contributed by atoms with van der Waals surface area (Å²) in [6.07, 6.45) is 0. The summed E-state index contributed by atoms with van der Waals surface area (Å²) >= 11 is 0. The second kappa shape index (κ2) is 2.65. The molecule has 1 aromatic rings. The summed E-state index contributed by atoms with van der Waals surface area (Å²) in [7, 11) is 0. The zero-order valence-electron chi connectivity index (χ0n) is 7.13. The number of hydrogen-bond donors (Lipinski definition) is 2. The van der Waals surface area contributed by atoms with E-state index in [9.17, 15) is 9.90 Å². The molecule has 1 aliphatic heterocycles. The lowest BCUT2D eigenvalue weighted by atomic mass is 10.1. The maximum Gasteiger partial charge on any atom is 0.262 e. The average Bonchev–Trinajstić information content (AvgIpc) is 2.02. The van der Waals surface area contributed by atoms with Crippen LogP contribution in [0.4, 0.5) is 5.69 Å². The summed E-state index contributed by atoms with van der Waals surface area (Å²) in [6.45, 7) is 1.80. The predicted molar refractivity (Wildman–Crippen MR) is 47.0 cm³/mol. The summed E-state index contributed by atoms with van der Waals surface area (Å²) in [6, 6.07) is 3.35. The molecule has 13 heavy (non-hydrogen) atoms. The SMILES string of the molecule is Cc1cc(O)c2c(c1)NC(=O)CO2. The highest BCUT2D eigenvalue weighted by atomic mass is 16.5. The number of amides is 1. The van der Waals surface area contributed by atoms with Gasteiger partial charge in [-0.05, 0) is 24.6 Å². The molecule has 4 heteroatoms. The van der Waals surface area contributed by atoms with E-state index in [4.69, 9.17) is 4.74 Å². The summed E-state index contributed by atoms with van der Waals surface area (Å²) in [5.41, 5.74) is 1.41. The second-order valence-corrected chi connectivity index (χ2v) is 3.00. The van der Waals surface area contributed by atoms with E-state index in [-0.39, 0.29) is 18.3 Å². The van der Waals surface area contributed by atoms with E-state index < -0.39 is 0 Å². The van der Waals surface area contributed by atoms with Crippen molar-refractivity contribution in [2.75, 3.05) is 11.9 Å². The first-order valence-corrected chi connectivity index (χ1v) is 3.93. The molecule has 0 spiro atoms. The number of aryl methyl sites for hydroxylation is 1. The minimum Gasteiger partial charge on any atom is -0.504 e. The van der Waals surface area contributed by atoms with Gasteiger partial charge in [0.2, 0.25) is 0 Å². The molecule has 1 aliphatic rings. The smallest absolute Gasteiger partial charge is 0.262 e. The van der Waals surface area contributed by atoms with Gasteiger partial charge in [0, 0.05) is 0 Å². The number of rotatable bonds is 0. The zero-order valence-corrected chi connectivity index (χ0v) is 7.13. The topological polar surface area (TPSA) is 58.6 Å².